The summed E-state index contributed by atoms with van der Waals surface area (Å²) >= 11 is 0. The maximum Gasteiger partial charge on any atom is 0.338 e. The van der Waals surface area contributed by atoms with Crippen molar-refractivity contribution in [1.29, 1.82) is 0 Å². The molecular weight excluding hydrogens is 360 g/mol. The fourth-order valence-electron chi connectivity index (χ4n) is 2.52. The van der Waals surface area contributed by atoms with Crippen LogP contribution in [0.4, 0.5) is 0 Å². The van der Waals surface area contributed by atoms with Crippen molar-refractivity contribution in [3.63, 3.8) is 0 Å². The van der Waals surface area contributed by atoms with Crippen molar-refractivity contribution in [3.8, 4) is 0 Å². The minimum absolute atomic E-state index is 0.0818. The molecule has 0 bridgehead atoms. The van der Waals surface area contributed by atoms with E-state index in [-0.39, 0.29) is 25.5 Å². The zero-order chi connectivity index (χ0) is 19.9. The van der Waals surface area contributed by atoms with Crippen molar-refractivity contribution in [3.05, 3.63) is 78.2 Å². The number of carbonyl (C=O) groups is 2. The second kappa shape index (κ2) is 8.96. The minimum Gasteiger partial charge on any atom is -0.460 e. The largest absolute Gasteiger partial charge is 0.460 e. The molecule has 0 amide bonds. The second-order valence-electron chi connectivity index (χ2n) is 6.08. The Morgan fingerprint density at radius 3 is 2.71 bits per heavy atom. The highest BCUT2D eigenvalue weighted by Crippen LogP contribution is 2.19. The number of hydrogen-bond donors (Lipinski definition) is 1. The highest BCUT2D eigenvalue weighted by molar-refractivity contribution is 5.93. The van der Waals surface area contributed by atoms with Crippen LogP contribution in [0, 0.1) is 0 Å². The molecule has 28 heavy (non-hydrogen) atoms. The summed E-state index contributed by atoms with van der Waals surface area (Å²) in [4.78, 5) is 28.3. The summed E-state index contributed by atoms with van der Waals surface area (Å²) in [7, 11) is 0. The molecule has 2 N–H and O–H groups in total. The molecule has 3 aromatic rings. The molecule has 1 atom stereocenters. The molecule has 0 radical (unpaired) electrons. The van der Waals surface area contributed by atoms with Gasteiger partial charge in [0.05, 0.1) is 12.0 Å². The standard InChI is InChI=1S/C21H20N2O5/c1-2-10-26-21(25)16(22)12-19-23-17-11-15(8-9-18(17)28-19)20(24)27-13-14-6-4-3-5-7-14/h2-9,11,16H,1,10,12-13,22H2/t16-/m0/s1. The van der Waals surface area contributed by atoms with Crippen LogP contribution >= 0.6 is 0 Å². The van der Waals surface area contributed by atoms with Crippen LogP contribution in [0.5, 0.6) is 0 Å². The molecule has 0 fully saturated rings. The van der Waals surface area contributed by atoms with Crippen LogP contribution < -0.4 is 5.73 Å². The van der Waals surface area contributed by atoms with Gasteiger partial charge in [0.15, 0.2) is 11.5 Å². The molecule has 144 valence electrons. The van der Waals surface area contributed by atoms with Gasteiger partial charge in [-0.05, 0) is 23.8 Å². The summed E-state index contributed by atoms with van der Waals surface area (Å²) in [6.07, 6.45) is 1.54. The summed E-state index contributed by atoms with van der Waals surface area (Å²) in [5, 5.41) is 0. The van der Waals surface area contributed by atoms with Crippen LogP contribution in [0.3, 0.4) is 0 Å². The van der Waals surface area contributed by atoms with E-state index in [9.17, 15) is 9.59 Å². The van der Waals surface area contributed by atoms with Crippen molar-refractivity contribution in [2.45, 2.75) is 19.1 Å². The number of nitrogens with zero attached hydrogens (tertiary/aromatic N) is 1. The lowest BCUT2D eigenvalue weighted by Crippen LogP contribution is -2.34. The van der Waals surface area contributed by atoms with E-state index in [1.54, 1.807) is 18.2 Å². The number of oxazole rings is 1. The van der Waals surface area contributed by atoms with Gasteiger partial charge in [-0.3, -0.25) is 4.79 Å². The minimum atomic E-state index is -0.900. The van der Waals surface area contributed by atoms with Gasteiger partial charge in [-0.1, -0.05) is 43.0 Å². The lowest BCUT2D eigenvalue weighted by atomic mass is 10.2. The number of esters is 2. The highest BCUT2D eigenvalue weighted by Gasteiger charge is 2.19. The third-order valence-electron chi connectivity index (χ3n) is 3.92. The smallest absolute Gasteiger partial charge is 0.338 e. The van der Waals surface area contributed by atoms with Gasteiger partial charge in [-0.15, -0.1) is 0 Å². The van der Waals surface area contributed by atoms with Crippen LogP contribution in [-0.2, 0) is 27.3 Å². The summed E-state index contributed by atoms with van der Waals surface area (Å²) in [6, 6.07) is 13.3. The maximum absolute atomic E-state index is 12.3. The Bertz CT molecular complexity index is 981. The van der Waals surface area contributed by atoms with Crippen LogP contribution in [0.1, 0.15) is 21.8 Å². The van der Waals surface area contributed by atoms with E-state index in [4.69, 9.17) is 19.6 Å². The van der Waals surface area contributed by atoms with Gasteiger partial charge in [0.2, 0.25) is 0 Å². The van der Waals surface area contributed by atoms with Gasteiger partial charge >= 0.3 is 11.9 Å². The number of hydrogen-bond acceptors (Lipinski definition) is 7. The van der Waals surface area contributed by atoms with E-state index in [1.165, 1.54) is 6.08 Å². The van der Waals surface area contributed by atoms with E-state index >= 15 is 0 Å². The van der Waals surface area contributed by atoms with Gasteiger partial charge in [0.1, 0.15) is 24.8 Å². The van der Waals surface area contributed by atoms with E-state index < -0.39 is 18.0 Å². The quantitative estimate of drug-likeness (QED) is 0.473. The molecule has 1 aromatic heterocycles. The van der Waals surface area contributed by atoms with Crippen molar-refractivity contribution in [2.75, 3.05) is 6.61 Å². The average molecular weight is 380 g/mol. The first-order valence-corrected chi connectivity index (χ1v) is 8.70. The molecule has 7 heteroatoms. The normalized spacial score (nSPS) is 11.8. The number of aromatic nitrogens is 1. The average Bonchev–Trinajstić information content (AvgIpc) is 3.12. The predicted molar refractivity (Wildman–Crippen MR) is 102 cm³/mol. The molecule has 2 aromatic carbocycles. The van der Waals surface area contributed by atoms with Gasteiger partial charge in [-0.2, -0.15) is 0 Å². The Labute approximate surface area is 161 Å². The molecular formula is C21H20N2O5. The molecule has 0 aliphatic rings. The van der Waals surface area contributed by atoms with Crippen molar-refractivity contribution in [1.82, 2.24) is 4.98 Å². The SMILES string of the molecule is C=CCOC(=O)[C@@H](N)Cc1nc2cc(C(=O)OCc3ccccc3)ccc2o1. The third kappa shape index (κ3) is 4.83. The first kappa shape index (κ1) is 19.3. The molecule has 0 spiro atoms. The third-order valence-corrected chi connectivity index (χ3v) is 3.92. The number of rotatable bonds is 8. The fraction of sp³-hybridized carbons (Fsp3) is 0.190. The first-order chi connectivity index (χ1) is 13.6. The van der Waals surface area contributed by atoms with Gasteiger partial charge in [-0.25, -0.2) is 9.78 Å². The number of fused-ring (bicyclic) bond motifs is 1. The summed E-state index contributed by atoms with van der Waals surface area (Å²) in [6.45, 7) is 3.75. The van der Waals surface area contributed by atoms with Crippen molar-refractivity contribution in [2.24, 2.45) is 5.73 Å². The topological polar surface area (TPSA) is 105 Å². The van der Waals surface area contributed by atoms with Crippen LogP contribution in [0.25, 0.3) is 11.1 Å². The molecule has 3 rings (SSSR count). The molecule has 0 aliphatic heterocycles. The molecule has 0 saturated heterocycles. The summed E-state index contributed by atoms with van der Waals surface area (Å²) in [5.41, 5.74) is 8.03. The monoisotopic (exact) mass is 380 g/mol. The van der Waals surface area contributed by atoms with Gasteiger partial charge < -0.3 is 19.6 Å². The fourth-order valence-corrected chi connectivity index (χ4v) is 2.52. The molecule has 7 nitrogen and oxygen atoms in total. The molecule has 0 aliphatic carbocycles. The van der Waals surface area contributed by atoms with Crippen molar-refractivity contribution < 1.29 is 23.5 Å². The van der Waals surface area contributed by atoms with Crippen LogP contribution in [-0.4, -0.2) is 29.6 Å². The Morgan fingerprint density at radius 2 is 1.96 bits per heavy atom. The summed E-state index contributed by atoms with van der Waals surface area (Å²) < 4.78 is 15.8. The highest BCUT2D eigenvalue weighted by atomic mass is 16.5. The number of benzene rings is 2. The van der Waals surface area contributed by atoms with E-state index in [1.807, 2.05) is 30.3 Å². The number of carbonyl (C=O) groups excluding carboxylic acids is 2. The number of ether oxygens (including phenoxy) is 2. The second-order valence-corrected chi connectivity index (χ2v) is 6.08. The Morgan fingerprint density at radius 1 is 1.18 bits per heavy atom. The Hall–Kier alpha value is -3.45. The Kier molecular flexibility index (Phi) is 6.18. The predicted octanol–water partition coefficient (Wildman–Crippen LogP) is 2.78. The van der Waals surface area contributed by atoms with Crippen LogP contribution in [0.15, 0.2) is 65.6 Å². The summed E-state index contributed by atoms with van der Waals surface area (Å²) in [5.74, 6) is -0.736. The van der Waals surface area contributed by atoms with E-state index in [2.05, 4.69) is 11.6 Å². The zero-order valence-corrected chi connectivity index (χ0v) is 15.2. The Balaban J connectivity index is 1.65. The van der Waals surface area contributed by atoms with E-state index in [0.717, 1.165) is 5.56 Å². The zero-order valence-electron chi connectivity index (χ0n) is 15.2. The van der Waals surface area contributed by atoms with Crippen LogP contribution in [0.2, 0.25) is 0 Å². The lowest BCUT2D eigenvalue weighted by Gasteiger charge is -2.07. The van der Waals surface area contributed by atoms with Gasteiger partial charge in [0, 0.05) is 0 Å². The lowest BCUT2D eigenvalue weighted by molar-refractivity contribution is -0.144. The molecule has 1 heterocycles. The molecule has 0 unspecified atom stereocenters. The molecule has 0 saturated carbocycles. The maximum atomic E-state index is 12.3. The number of nitrogens with two attached hydrogens (primary N) is 1. The van der Waals surface area contributed by atoms with Gasteiger partial charge in [0.25, 0.3) is 0 Å². The van der Waals surface area contributed by atoms with Crippen molar-refractivity contribution >= 4 is 23.0 Å². The van der Waals surface area contributed by atoms with E-state index in [0.29, 0.717) is 16.7 Å². The first-order valence-electron chi connectivity index (χ1n) is 8.70.